The van der Waals surface area contributed by atoms with Gasteiger partial charge in [-0.05, 0) is 18.2 Å². The Kier molecular flexibility index (Phi) is 4.53. The number of halogens is 2. The number of nitro groups is 1. The first-order valence-corrected chi connectivity index (χ1v) is 7.34. The number of ether oxygens (including phenoxy) is 2. The van der Waals surface area contributed by atoms with Crippen molar-refractivity contribution in [1.82, 2.24) is 0 Å². The molecule has 1 N–H and O–H groups in total. The number of benzene rings is 2. The minimum absolute atomic E-state index is 0.0234. The minimum atomic E-state index is -3.17. The van der Waals surface area contributed by atoms with Crippen LogP contribution in [0.3, 0.4) is 0 Å². The molecule has 0 aromatic heterocycles. The van der Waals surface area contributed by atoms with Gasteiger partial charge in [0.15, 0.2) is 11.5 Å². The molecule has 0 bridgehead atoms. The highest BCUT2D eigenvalue weighted by molar-refractivity contribution is 6.35. The third-order valence-corrected chi connectivity index (χ3v) is 3.74. The zero-order valence-corrected chi connectivity index (χ0v) is 13.4. The van der Waals surface area contributed by atoms with Crippen molar-refractivity contribution in [2.45, 2.75) is 6.61 Å². The third-order valence-electron chi connectivity index (χ3n) is 3.74. The van der Waals surface area contributed by atoms with Gasteiger partial charge >= 0.3 is 6.61 Å². The van der Waals surface area contributed by atoms with Gasteiger partial charge in [-0.1, -0.05) is 18.2 Å². The molecule has 0 saturated carbocycles. The summed E-state index contributed by atoms with van der Waals surface area (Å²) in [5.41, 5.74) is 0.907. The summed E-state index contributed by atoms with van der Waals surface area (Å²) in [7, 11) is 1.22. The fourth-order valence-electron chi connectivity index (χ4n) is 2.62. The smallest absolute Gasteiger partial charge is 0.387 e. The number of nitrogens with zero attached hydrogens (tertiary/aromatic N) is 1. The lowest BCUT2D eigenvalue weighted by atomic mass is 10.0. The van der Waals surface area contributed by atoms with Gasteiger partial charge in [-0.3, -0.25) is 14.9 Å². The average molecular weight is 362 g/mol. The summed E-state index contributed by atoms with van der Waals surface area (Å²) in [5, 5.41) is 14.0. The predicted octanol–water partition coefficient (Wildman–Crippen LogP) is 3.70. The minimum Gasteiger partial charge on any atom is -0.493 e. The number of fused-ring (bicyclic) bond motifs is 1. The van der Waals surface area contributed by atoms with Crippen LogP contribution in [-0.4, -0.2) is 24.6 Å². The quantitative estimate of drug-likeness (QED) is 0.498. The van der Waals surface area contributed by atoms with E-state index >= 15 is 0 Å². The molecule has 0 fully saturated rings. The van der Waals surface area contributed by atoms with E-state index in [4.69, 9.17) is 4.74 Å². The second kappa shape index (κ2) is 6.79. The van der Waals surface area contributed by atoms with Crippen LogP contribution in [-0.2, 0) is 4.79 Å². The fourth-order valence-corrected chi connectivity index (χ4v) is 2.62. The molecule has 0 spiro atoms. The summed E-state index contributed by atoms with van der Waals surface area (Å²) in [6.07, 6.45) is 1.31. The molecular weight excluding hydrogens is 350 g/mol. The monoisotopic (exact) mass is 362 g/mol. The summed E-state index contributed by atoms with van der Waals surface area (Å²) in [4.78, 5) is 22.8. The molecule has 0 unspecified atom stereocenters. The Morgan fingerprint density at radius 1 is 1.23 bits per heavy atom. The molecule has 7 nitrogen and oxygen atoms in total. The summed E-state index contributed by atoms with van der Waals surface area (Å²) in [6.45, 7) is -3.17. The van der Waals surface area contributed by atoms with Crippen LogP contribution in [0.25, 0.3) is 11.6 Å². The molecule has 3 rings (SSSR count). The Bertz CT molecular complexity index is 927. The van der Waals surface area contributed by atoms with Gasteiger partial charge in [-0.2, -0.15) is 8.78 Å². The zero-order chi connectivity index (χ0) is 18.8. The first kappa shape index (κ1) is 17.3. The van der Waals surface area contributed by atoms with E-state index in [1.165, 1.54) is 19.3 Å². The summed E-state index contributed by atoms with van der Waals surface area (Å²) in [6, 6.07) is 8.87. The molecule has 1 aliphatic heterocycles. The van der Waals surface area contributed by atoms with Gasteiger partial charge in [-0.15, -0.1) is 0 Å². The van der Waals surface area contributed by atoms with Crippen LogP contribution < -0.4 is 14.8 Å². The summed E-state index contributed by atoms with van der Waals surface area (Å²) < 4.78 is 34.2. The van der Waals surface area contributed by atoms with Crippen molar-refractivity contribution in [1.29, 1.82) is 0 Å². The maximum Gasteiger partial charge on any atom is 0.387 e. The number of rotatable bonds is 5. The molecule has 2 aromatic rings. The Morgan fingerprint density at radius 3 is 2.62 bits per heavy atom. The molecule has 0 atom stereocenters. The largest absolute Gasteiger partial charge is 0.493 e. The number of methoxy groups -OCH3 is 1. The molecule has 1 aliphatic rings. The second-order valence-corrected chi connectivity index (χ2v) is 5.26. The highest BCUT2D eigenvalue weighted by Gasteiger charge is 2.26. The van der Waals surface area contributed by atoms with Crippen LogP contribution in [0.4, 0.5) is 20.2 Å². The van der Waals surface area contributed by atoms with Gasteiger partial charge in [-0.25, -0.2) is 0 Å². The normalized spacial score (nSPS) is 14.3. The van der Waals surface area contributed by atoms with E-state index < -0.39 is 28.9 Å². The number of carbonyl (C=O) groups is 1. The maximum atomic E-state index is 12.5. The van der Waals surface area contributed by atoms with E-state index in [2.05, 4.69) is 10.1 Å². The van der Waals surface area contributed by atoms with Crippen molar-refractivity contribution < 1.29 is 28.0 Å². The predicted molar refractivity (Wildman–Crippen MR) is 89.2 cm³/mol. The maximum absolute atomic E-state index is 12.5. The Balaban J connectivity index is 2.15. The molecule has 26 heavy (non-hydrogen) atoms. The van der Waals surface area contributed by atoms with E-state index in [0.29, 0.717) is 11.3 Å². The number of para-hydroxylation sites is 1. The number of carbonyl (C=O) groups excluding carboxylic acids is 1. The van der Waals surface area contributed by atoms with Crippen LogP contribution in [0, 0.1) is 10.1 Å². The molecule has 0 saturated heterocycles. The number of alkyl halides is 2. The van der Waals surface area contributed by atoms with Crippen molar-refractivity contribution >= 4 is 28.9 Å². The van der Waals surface area contributed by atoms with Gasteiger partial charge in [0.25, 0.3) is 11.6 Å². The molecule has 1 heterocycles. The lowest BCUT2D eigenvalue weighted by Gasteiger charge is -2.11. The molecular formula is C17H12F2N2O5. The Morgan fingerprint density at radius 2 is 1.96 bits per heavy atom. The van der Waals surface area contributed by atoms with Crippen LogP contribution in [0.2, 0.25) is 0 Å². The van der Waals surface area contributed by atoms with E-state index in [1.807, 2.05) is 0 Å². The average Bonchev–Trinajstić information content (AvgIpc) is 2.90. The SMILES string of the molecule is COc1cc(/C=C2/C(=O)Nc3ccccc32)c([N+](=O)[O-])cc1OC(F)F. The number of hydrogen-bond acceptors (Lipinski definition) is 5. The molecule has 0 aliphatic carbocycles. The van der Waals surface area contributed by atoms with Gasteiger partial charge in [0.05, 0.1) is 23.7 Å². The second-order valence-electron chi connectivity index (χ2n) is 5.26. The van der Waals surface area contributed by atoms with Gasteiger partial charge < -0.3 is 14.8 Å². The van der Waals surface area contributed by atoms with E-state index in [1.54, 1.807) is 24.3 Å². The van der Waals surface area contributed by atoms with Crippen molar-refractivity contribution in [3.8, 4) is 11.5 Å². The van der Waals surface area contributed by atoms with Gasteiger partial charge in [0.1, 0.15) is 0 Å². The van der Waals surface area contributed by atoms with E-state index in [-0.39, 0.29) is 16.9 Å². The topological polar surface area (TPSA) is 90.7 Å². The number of anilines is 1. The van der Waals surface area contributed by atoms with Crippen molar-refractivity contribution in [3.05, 3.63) is 57.6 Å². The van der Waals surface area contributed by atoms with Gasteiger partial charge in [0.2, 0.25) is 0 Å². The van der Waals surface area contributed by atoms with E-state index in [0.717, 1.165) is 6.07 Å². The number of nitrogens with one attached hydrogen (secondary N) is 1. The van der Waals surface area contributed by atoms with E-state index in [9.17, 15) is 23.7 Å². The number of hydrogen-bond donors (Lipinski definition) is 1. The standard InChI is InChI=1S/C17H12F2N2O5/c1-25-14-7-9(13(21(23)24)8-15(14)26-17(18)19)6-11-10-4-2-3-5-12(10)20-16(11)22/h2-8,17H,1H3,(H,20,22)/b11-6+. The Labute approximate surface area is 146 Å². The van der Waals surface area contributed by atoms with Crippen molar-refractivity contribution in [2.24, 2.45) is 0 Å². The molecule has 0 radical (unpaired) electrons. The molecule has 9 heteroatoms. The molecule has 134 valence electrons. The lowest BCUT2D eigenvalue weighted by molar-refractivity contribution is -0.385. The third kappa shape index (κ3) is 3.18. The lowest BCUT2D eigenvalue weighted by Crippen LogP contribution is -2.06. The first-order valence-electron chi connectivity index (χ1n) is 7.34. The number of amides is 1. The van der Waals surface area contributed by atoms with Crippen LogP contribution in [0.15, 0.2) is 36.4 Å². The highest BCUT2D eigenvalue weighted by atomic mass is 19.3. The number of nitro benzene ring substituents is 1. The Hall–Kier alpha value is -3.49. The van der Waals surface area contributed by atoms with Crippen molar-refractivity contribution in [2.75, 3.05) is 12.4 Å². The van der Waals surface area contributed by atoms with Crippen molar-refractivity contribution in [3.63, 3.8) is 0 Å². The van der Waals surface area contributed by atoms with Crippen LogP contribution in [0.1, 0.15) is 11.1 Å². The van der Waals surface area contributed by atoms with Gasteiger partial charge in [0, 0.05) is 16.8 Å². The van der Waals surface area contributed by atoms with Crippen LogP contribution in [0.5, 0.6) is 11.5 Å². The summed E-state index contributed by atoms with van der Waals surface area (Å²) in [5.74, 6) is -1.01. The summed E-state index contributed by atoms with van der Waals surface area (Å²) >= 11 is 0. The van der Waals surface area contributed by atoms with Crippen LogP contribution >= 0.6 is 0 Å². The molecule has 2 aromatic carbocycles. The zero-order valence-electron chi connectivity index (χ0n) is 13.4. The highest BCUT2D eigenvalue weighted by Crippen LogP contribution is 2.39. The molecule has 1 amide bonds. The first-order chi connectivity index (χ1) is 12.4. The fraction of sp³-hybridized carbons (Fsp3) is 0.118.